The van der Waals surface area contributed by atoms with Gasteiger partial charge in [-0.1, -0.05) is 146 Å². The molecule has 2 heterocycles. The van der Waals surface area contributed by atoms with Crippen LogP contribution in [-0.4, -0.2) is 9.13 Å². The van der Waals surface area contributed by atoms with Crippen LogP contribution in [0.15, 0.2) is 215 Å². The zero-order chi connectivity index (χ0) is 38.7. The second kappa shape index (κ2) is 14.2. The van der Waals surface area contributed by atoms with Gasteiger partial charge in [0.1, 0.15) is 0 Å². The van der Waals surface area contributed by atoms with Crippen molar-refractivity contribution in [3.8, 4) is 55.9 Å². The highest BCUT2D eigenvalue weighted by molar-refractivity contribution is 9.11. The molecule has 0 unspecified atom stereocenters. The smallest absolute Gasteiger partial charge is 0.0617 e. The van der Waals surface area contributed by atoms with E-state index in [-0.39, 0.29) is 0 Å². The van der Waals surface area contributed by atoms with Gasteiger partial charge in [-0.25, -0.2) is 0 Å². The highest BCUT2D eigenvalue weighted by Gasteiger charge is 2.21. The normalized spacial score (nSPS) is 11.6. The Hall–Kier alpha value is -6.46. The van der Waals surface area contributed by atoms with Gasteiger partial charge in [0.2, 0.25) is 0 Å². The molecule has 0 radical (unpaired) electrons. The molecule has 0 fully saturated rings. The lowest BCUT2D eigenvalue weighted by molar-refractivity contribution is 1.12. The molecule has 11 aromatic rings. The quantitative estimate of drug-likeness (QED) is 0.158. The lowest BCUT2D eigenvalue weighted by Gasteiger charge is -2.16. The van der Waals surface area contributed by atoms with E-state index in [4.69, 9.17) is 0 Å². The van der Waals surface area contributed by atoms with Gasteiger partial charge in [-0.15, -0.1) is 0 Å². The Morgan fingerprint density at radius 2 is 0.483 bits per heavy atom. The summed E-state index contributed by atoms with van der Waals surface area (Å²) in [6, 6.07) is 74.6. The van der Waals surface area contributed by atoms with Crippen molar-refractivity contribution < 1.29 is 0 Å². The minimum atomic E-state index is 1.00. The maximum atomic E-state index is 4.12. The highest BCUT2D eigenvalue weighted by Crippen LogP contribution is 2.43. The summed E-state index contributed by atoms with van der Waals surface area (Å²) in [5.41, 5.74) is 16.3. The van der Waals surface area contributed by atoms with Gasteiger partial charge >= 0.3 is 0 Å². The van der Waals surface area contributed by atoms with Gasteiger partial charge in [-0.3, -0.25) is 0 Å². The summed E-state index contributed by atoms with van der Waals surface area (Å²) in [5.74, 6) is 0. The van der Waals surface area contributed by atoms with Crippen molar-refractivity contribution >= 4 is 75.5 Å². The summed E-state index contributed by atoms with van der Waals surface area (Å²) in [5, 5.41) is 4.86. The number of halogens is 2. The molecule has 0 spiro atoms. The highest BCUT2D eigenvalue weighted by atomic mass is 79.9. The number of benzene rings is 9. The van der Waals surface area contributed by atoms with Gasteiger partial charge in [0, 0.05) is 30.5 Å². The van der Waals surface area contributed by atoms with Gasteiger partial charge in [0.25, 0.3) is 0 Å². The molecule has 0 aliphatic carbocycles. The SMILES string of the molecule is Brc1cc(-n2c3ccc(-c4ccccc4)cc3c3cc(-c4ccccc4)ccc32)c(Br)cc1-n1c2ccc(-c3ccccc3)cc2c2cc(-c3ccccc3)ccc21. The monoisotopic (exact) mass is 868 g/mol. The molecule has 9 aromatic carbocycles. The summed E-state index contributed by atoms with van der Waals surface area (Å²) in [6.07, 6.45) is 0. The van der Waals surface area contributed by atoms with E-state index >= 15 is 0 Å². The molecule has 0 saturated carbocycles. The molecule has 274 valence electrons. The minimum Gasteiger partial charge on any atom is -0.308 e. The maximum absolute atomic E-state index is 4.12. The fraction of sp³-hybridized carbons (Fsp3) is 0. The Balaban J connectivity index is 1.12. The van der Waals surface area contributed by atoms with E-state index in [1.54, 1.807) is 0 Å². The van der Waals surface area contributed by atoms with Crippen molar-refractivity contribution in [2.24, 2.45) is 0 Å². The van der Waals surface area contributed by atoms with Crippen molar-refractivity contribution in [3.63, 3.8) is 0 Å². The van der Waals surface area contributed by atoms with E-state index in [9.17, 15) is 0 Å². The molecule has 2 aromatic heterocycles. The number of aromatic nitrogens is 2. The van der Waals surface area contributed by atoms with Crippen LogP contribution >= 0.6 is 31.9 Å². The minimum absolute atomic E-state index is 1.00. The molecule has 4 heteroatoms. The molecular formula is C54H34Br2N2. The predicted octanol–water partition coefficient (Wildman–Crippen LogP) is 16.1. The molecule has 0 saturated heterocycles. The van der Waals surface area contributed by atoms with Crippen LogP contribution in [0.1, 0.15) is 0 Å². The molecule has 0 atom stereocenters. The number of hydrogen-bond acceptors (Lipinski definition) is 0. The topological polar surface area (TPSA) is 9.86 Å². The predicted molar refractivity (Wildman–Crippen MR) is 252 cm³/mol. The summed E-state index contributed by atoms with van der Waals surface area (Å²) in [6.45, 7) is 0. The van der Waals surface area contributed by atoms with Gasteiger partial charge in [0.15, 0.2) is 0 Å². The van der Waals surface area contributed by atoms with Crippen molar-refractivity contribution in [3.05, 3.63) is 215 Å². The van der Waals surface area contributed by atoms with Crippen LogP contribution < -0.4 is 0 Å². The average molecular weight is 871 g/mol. The lowest BCUT2D eigenvalue weighted by atomic mass is 10.0. The van der Waals surface area contributed by atoms with Crippen molar-refractivity contribution in [1.82, 2.24) is 9.13 Å². The zero-order valence-corrected chi connectivity index (χ0v) is 34.5. The molecule has 0 amide bonds. The number of fused-ring (bicyclic) bond motifs is 6. The number of nitrogens with zero attached hydrogens (tertiary/aromatic N) is 2. The van der Waals surface area contributed by atoms with E-state index in [1.807, 2.05) is 0 Å². The van der Waals surface area contributed by atoms with Gasteiger partial charge in [-0.05, 0) is 137 Å². The Morgan fingerprint density at radius 3 is 0.724 bits per heavy atom. The first-order chi connectivity index (χ1) is 28.6. The number of hydrogen-bond donors (Lipinski definition) is 0. The van der Waals surface area contributed by atoms with Crippen LogP contribution in [0.25, 0.3) is 99.5 Å². The molecule has 11 rings (SSSR count). The second-order valence-electron chi connectivity index (χ2n) is 14.8. The summed E-state index contributed by atoms with van der Waals surface area (Å²) >= 11 is 8.24. The lowest BCUT2D eigenvalue weighted by Crippen LogP contribution is -2.00. The van der Waals surface area contributed by atoms with Crippen LogP contribution in [0.5, 0.6) is 0 Å². The maximum Gasteiger partial charge on any atom is 0.0617 e. The second-order valence-corrected chi connectivity index (χ2v) is 16.5. The Bertz CT molecular complexity index is 2910. The molecular weight excluding hydrogens is 836 g/mol. The van der Waals surface area contributed by atoms with Crippen molar-refractivity contribution in [2.45, 2.75) is 0 Å². The summed E-state index contributed by atoms with van der Waals surface area (Å²) in [7, 11) is 0. The molecule has 0 bridgehead atoms. The number of rotatable bonds is 6. The summed E-state index contributed by atoms with van der Waals surface area (Å²) < 4.78 is 6.80. The van der Waals surface area contributed by atoms with Crippen LogP contribution in [-0.2, 0) is 0 Å². The van der Waals surface area contributed by atoms with E-state index in [0.717, 1.165) is 42.4 Å². The molecule has 0 N–H and O–H groups in total. The fourth-order valence-electron chi connectivity index (χ4n) is 8.67. The van der Waals surface area contributed by atoms with Gasteiger partial charge < -0.3 is 9.13 Å². The zero-order valence-electron chi connectivity index (χ0n) is 31.3. The Morgan fingerprint density at radius 1 is 0.241 bits per heavy atom. The standard InChI is InChI=1S/C54H34Br2N2/c55-47-34-54(58-51-27-23-41(37-17-9-3-10-18-37)31-45(51)46-32-42(24-28-52(46)58)38-19-11-4-12-20-38)48(56)33-53(47)57-49-25-21-39(35-13-5-1-6-14-35)29-43(49)44-30-40(22-26-50(44)57)36-15-7-2-8-16-36/h1-34H. The van der Waals surface area contributed by atoms with Crippen LogP contribution in [0.2, 0.25) is 0 Å². The van der Waals surface area contributed by atoms with Crippen molar-refractivity contribution in [1.29, 1.82) is 0 Å². The first kappa shape index (κ1) is 34.8. The van der Waals surface area contributed by atoms with Gasteiger partial charge in [0.05, 0.1) is 33.4 Å². The molecule has 0 aliphatic rings. The van der Waals surface area contributed by atoms with Crippen LogP contribution in [0.3, 0.4) is 0 Å². The molecule has 58 heavy (non-hydrogen) atoms. The van der Waals surface area contributed by atoms with E-state index in [0.29, 0.717) is 0 Å². The first-order valence-corrected chi connectivity index (χ1v) is 21.1. The third-order valence-corrected chi connectivity index (χ3v) is 12.7. The first-order valence-electron chi connectivity index (χ1n) is 19.5. The van der Waals surface area contributed by atoms with Crippen LogP contribution in [0, 0.1) is 0 Å². The largest absolute Gasteiger partial charge is 0.308 e. The fourth-order valence-corrected chi connectivity index (χ4v) is 9.69. The van der Waals surface area contributed by atoms with E-state index in [2.05, 4.69) is 247 Å². The van der Waals surface area contributed by atoms with E-state index < -0.39 is 0 Å². The van der Waals surface area contributed by atoms with Crippen molar-refractivity contribution in [2.75, 3.05) is 0 Å². The van der Waals surface area contributed by atoms with E-state index in [1.165, 1.54) is 66.1 Å². The third kappa shape index (κ3) is 5.83. The Labute approximate surface area is 353 Å². The molecule has 2 nitrogen and oxygen atoms in total. The van der Waals surface area contributed by atoms with Gasteiger partial charge in [-0.2, -0.15) is 0 Å². The molecule has 0 aliphatic heterocycles. The Kier molecular flexibility index (Phi) is 8.50. The van der Waals surface area contributed by atoms with Crippen LogP contribution in [0.4, 0.5) is 0 Å². The average Bonchev–Trinajstić information content (AvgIpc) is 3.79. The summed E-state index contributed by atoms with van der Waals surface area (Å²) in [4.78, 5) is 0. The third-order valence-electron chi connectivity index (χ3n) is 11.5.